The molecule has 4 atom stereocenters. The summed E-state index contributed by atoms with van der Waals surface area (Å²) >= 11 is 0. The molecule has 1 fully saturated rings. The number of nitrogens with zero attached hydrogens (tertiary/aromatic N) is 2. The number of hydrogen-bond acceptors (Lipinski definition) is 4. The van der Waals surface area contributed by atoms with Gasteiger partial charge in [-0.25, -0.2) is 0 Å². The average molecular weight is 365 g/mol. The maximum absolute atomic E-state index is 13.5. The molecule has 0 spiro atoms. The molecule has 1 amide bonds. The van der Waals surface area contributed by atoms with Gasteiger partial charge < -0.3 is 19.9 Å². The Bertz CT molecular complexity index is 954. The number of rotatable bonds is 2. The highest BCUT2D eigenvalue weighted by atomic mass is 16.3. The molecule has 27 heavy (non-hydrogen) atoms. The third kappa shape index (κ3) is 2.55. The molecule has 6 heteroatoms. The Kier molecular flexibility index (Phi) is 3.91. The Labute approximate surface area is 157 Å². The molecule has 0 saturated carbocycles. The van der Waals surface area contributed by atoms with Crippen molar-refractivity contribution in [3.8, 4) is 0 Å². The molecule has 1 saturated heterocycles. The second kappa shape index (κ2) is 6.32. The SMILES string of the molecule is O=C([C@H]1[C@H](CO)[C@H]2Cn3c(cccc3=O)[C@@H]1N2)N1CCc2ccccc2C1. The van der Waals surface area contributed by atoms with Gasteiger partial charge in [0.05, 0.1) is 12.0 Å². The molecule has 4 heterocycles. The second-order valence-corrected chi connectivity index (χ2v) is 7.80. The Hall–Kier alpha value is -2.44. The summed E-state index contributed by atoms with van der Waals surface area (Å²) in [6.07, 6.45) is 0.857. The molecule has 2 N–H and O–H groups in total. The molecule has 2 bridgehead atoms. The number of fused-ring (bicyclic) bond motifs is 5. The summed E-state index contributed by atoms with van der Waals surface area (Å²) in [5.74, 6) is -0.451. The smallest absolute Gasteiger partial charge is 0.250 e. The van der Waals surface area contributed by atoms with Crippen molar-refractivity contribution < 1.29 is 9.90 Å². The van der Waals surface area contributed by atoms with Gasteiger partial charge in [0.2, 0.25) is 5.91 Å². The maximum Gasteiger partial charge on any atom is 0.250 e. The number of aromatic nitrogens is 1. The van der Waals surface area contributed by atoms with Gasteiger partial charge in [0.15, 0.2) is 0 Å². The molecule has 0 radical (unpaired) electrons. The van der Waals surface area contributed by atoms with Crippen molar-refractivity contribution in [3.05, 3.63) is 69.6 Å². The lowest BCUT2D eigenvalue weighted by atomic mass is 9.85. The molecular weight excluding hydrogens is 342 g/mol. The predicted molar refractivity (Wildman–Crippen MR) is 100.0 cm³/mol. The molecule has 1 aromatic heterocycles. The molecular formula is C21H23N3O3. The highest BCUT2D eigenvalue weighted by Crippen LogP contribution is 2.42. The number of carbonyl (C=O) groups is 1. The Morgan fingerprint density at radius 2 is 1.96 bits per heavy atom. The summed E-state index contributed by atoms with van der Waals surface area (Å²) in [7, 11) is 0. The zero-order valence-corrected chi connectivity index (χ0v) is 15.0. The topological polar surface area (TPSA) is 74.6 Å². The van der Waals surface area contributed by atoms with E-state index in [1.54, 1.807) is 16.7 Å². The fraction of sp³-hybridized carbons (Fsp3) is 0.429. The lowest BCUT2D eigenvalue weighted by Crippen LogP contribution is -2.44. The summed E-state index contributed by atoms with van der Waals surface area (Å²) in [6.45, 7) is 1.76. The summed E-state index contributed by atoms with van der Waals surface area (Å²) < 4.78 is 1.76. The van der Waals surface area contributed by atoms with E-state index in [9.17, 15) is 14.7 Å². The molecule has 6 nitrogen and oxygen atoms in total. The normalized spacial score (nSPS) is 28.6. The van der Waals surface area contributed by atoms with Gasteiger partial charge in [0.25, 0.3) is 5.56 Å². The van der Waals surface area contributed by atoms with E-state index >= 15 is 0 Å². The van der Waals surface area contributed by atoms with Crippen molar-refractivity contribution in [3.63, 3.8) is 0 Å². The van der Waals surface area contributed by atoms with Gasteiger partial charge in [-0.05, 0) is 23.6 Å². The molecule has 1 aromatic carbocycles. The number of benzene rings is 1. The molecule has 3 aliphatic rings. The van der Waals surface area contributed by atoms with Crippen molar-refractivity contribution in [1.29, 1.82) is 0 Å². The van der Waals surface area contributed by atoms with Crippen LogP contribution in [0.15, 0.2) is 47.3 Å². The molecule has 3 aliphatic heterocycles. The van der Waals surface area contributed by atoms with E-state index in [-0.39, 0.29) is 42.0 Å². The van der Waals surface area contributed by atoms with E-state index in [4.69, 9.17) is 0 Å². The Morgan fingerprint density at radius 1 is 1.15 bits per heavy atom. The van der Waals surface area contributed by atoms with E-state index in [0.717, 1.165) is 12.1 Å². The van der Waals surface area contributed by atoms with Crippen LogP contribution in [0.5, 0.6) is 0 Å². The lowest BCUT2D eigenvalue weighted by molar-refractivity contribution is -0.138. The predicted octanol–water partition coefficient (Wildman–Crippen LogP) is 0.684. The van der Waals surface area contributed by atoms with Gasteiger partial charge in [-0.2, -0.15) is 0 Å². The average Bonchev–Trinajstić information content (AvgIpc) is 3.00. The van der Waals surface area contributed by atoms with Crippen LogP contribution in [0, 0.1) is 11.8 Å². The van der Waals surface area contributed by atoms with Crippen LogP contribution in [0.3, 0.4) is 0 Å². The van der Waals surface area contributed by atoms with Crippen molar-refractivity contribution in [1.82, 2.24) is 14.8 Å². The Balaban J connectivity index is 1.49. The fourth-order valence-corrected chi connectivity index (χ4v) is 5.07. The zero-order valence-electron chi connectivity index (χ0n) is 15.0. The number of nitrogens with one attached hydrogen (secondary N) is 1. The van der Waals surface area contributed by atoms with Gasteiger partial charge in [0, 0.05) is 50.0 Å². The highest BCUT2D eigenvalue weighted by Gasteiger charge is 2.51. The van der Waals surface area contributed by atoms with Gasteiger partial charge in [-0.3, -0.25) is 9.59 Å². The second-order valence-electron chi connectivity index (χ2n) is 7.80. The third-order valence-corrected chi connectivity index (χ3v) is 6.45. The summed E-state index contributed by atoms with van der Waals surface area (Å²) in [5, 5.41) is 13.5. The van der Waals surface area contributed by atoms with E-state index in [1.165, 1.54) is 11.1 Å². The summed E-state index contributed by atoms with van der Waals surface area (Å²) in [6, 6.07) is 13.2. The molecule has 0 aliphatic carbocycles. The minimum Gasteiger partial charge on any atom is -0.396 e. The zero-order chi connectivity index (χ0) is 18.5. The fourth-order valence-electron chi connectivity index (χ4n) is 5.07. The summed E-state index contributed by atoms with van der Waals surface area (Å²) in [5.41, 5.74) is 3.31. The monoisotopic (exact) mass is 365 g/mol. The van der Waals surface area contributed by atoms with E-state index in [1.807, 2.05) is 23.1 Å². The first-order chi connectivity index (χ1) is 13.2. The van der Waals surface area contributed by atoms with Crippen LogP contribution >= 0.6 is 0 Å². The van der Waals surface area contributed by atoms with Crippen molar-refractivity contribution in [2.45, 2.75) is 31.6 Å². The number of amides is 1. The quantitative estimate of drug-likeness (QED) is 0.821. The number of carbonyl (C=O) groups excluding carboxylic acids is 1. The van der Waals surface area contributed by atoms with Crippen LogP contribution in [-0.4, -0.2) is 39.7 Å². The van der Waals surface area contributed by atoms with Crippen molar-refractivity contribution >= 4 is 5.91 Å². The van der Waals surface area contributed by atoms with Crippen LogP contribution < -0.4 is 10.9 Å². The minimum absolute atomic E-state index is 0.0410. The number of aliphatic hydroxyl groups excluding tert-OH is 1. The van der Waals surface area contributed by atoms with Gasteiger partial charge in [-0.1, -0.05) is 30.3 Å². The largest absolute Gasteiger partial charge is 0.396 e. The molecule has 140 valence electrons. The van der Waals surface area contributed by atoms with Crippen LogP contribution in [0.1, 0.15) is 22.9 Å². The molecule has 0 unspecified atom stereocenters. The molecule has 5 rings (SSSR count). The van der Waals surface area contributed by atoms with Gasteiger partial charge in [0.1, 0.15) is 0 Å². The van der Waals surface area contributed by atoms with Gasteiger partial charge in [-0.15, -0.1) is 0 Å². The number of hydrogen-bond donors (Lipinski definition) is 2. The first-order valence-corrected chi connectivity index (χ1v) is 9.59. The van der Waals surface area contributed by atoms with E-state index < -0.39 is 0 Å². The number of pyridine rings is 1. The van der Waals surface area contributed by atoms with Crippen LogP contribution in [0.25, 0.3) is 0 Å². The summed E-state index contributed by atoms with van der Waals surface area (Å²) in [4.78, 5) is 27.7. The van der Waals surface area contributed by atoms with Crippen LogP contribution in [-0.2, 0) is 24.3 Å². The van der Waals surface area contributed by atoms with E-state index in [0.29, 0.717) is 19.6 Å². The van der Waals surface area contributed by atoms with Crippen LogP contribution in [0.4, 0.5) is 0 Å². The van der Waals surface area contributed by atoms with Crippen molar-refractivity contribution in [2.75, 3.05) is 13.2 Å². The number of aliphatic hydroxyl groups is 1. The van der Waals surface area contributed by atoms with Crippen LogP contribution in [0.2, 0.25) is 0 Å². The third-order valence-electron chi connectivity index (χ3n) is 6.45. The Morgan fingerprint density at radius 3 is 2.78 bits per heavy atom. The van der Waals surface area contributed by atoms with Gasteiger partial charge >= 0.3 is 0 Å². The minimum atomic E-state index is -0.346. The lowest BCUT2D eigenvalue weighted by Gasteiger charge is -2.33. The first kappa shape index (κ1) is 16.7. The molecule has 2 aromatic rings. The highest BCUT2D eigenvalue weighted by molar-refractivity contribution is 5.81. The first-order valence-electron chi connectivity index (χ1n) is 9.59. The van der Waals surface area contributed by atoms with E-state index in [2.05, 4.69) is 17.4 Å². The maximum atomic E-state index is 13.5. The standard InChI is InChI=1S/C21H23N3O3/c25-12-15-16-11-24-17(6-3-7-18(24)26)20(22-16)19(15)21(27)23-9-8-13-4-1-2-5-14(13)10-23/h1-7,15-16,19-20,22,25H,8-12H2/t15-,16-,19+,20+/m1/s1. The van der Waals surface area contributed by atoms with Crippen molar-refractivity contribution in [2.24, 2.45) is 11.8 Å².